The van der Waals surface area contributed by atoms with Gasteiger partial charge in [-0.3, -0.25) is 0 Å². The van der Waals surface area contributed by atoms with Crippen LogP contribution in [-0.2, 0) is 71.1 Å². The average molecular weight is 1520 g/mol. The van der Waals surface area contributed by atoms with E-state index in [2.05, 4.69) is 26.5 Å². The third-order valence-electron chi connectivity index (χ3n) is 25.2. The summed E-state index contributed by atoms with van der Waals surface area (Å²) in [5.74, 6) is -0.886. The number of aliphatic hydroxyl groups excluding tert-OH is 21. The second-order valence-electron chi connectivity index (χ2n) is 31.4. The number of hydrogen-bond donors (Lipinski definition) is 22. The van der Waals surface area contributed by atoms with E-state index in [0.717, 1.165) is 31.3 Å². The quantitative estimate of drug-likeness (QED) is 0.0423. The van der Waals surface area contributed by atoms with Crippen molar-refractivity contribution in [2.75, 3.05) is 46.2 Å². The first-order valence-electron chi connectivity index (χ1n) is 36.5. The molecule has 11 fully saturated rings. The van der Waals surface area contributed by atoms with Crippen LogP contribution in [0.5, 0.6) is 0 Å². The molecule has 0 aromatic carbocycles. The third-order valence-corrected chi connectivity index (χ3v) is 25.2. The van der Waals surface area contributed by atoms with Gasteiger partial charge in [0.25, 0.3) is 0 Å². The topological polar surface area (TPSA) is 584 Å². The van der Waals surface area contributed by atoms with E-state index < -0.39 is 260 Å². The molecule has 8 saturated heterocycles. The molecule has 44 atom stereocenters. The minimum atomic E-state index is -2.24. The smallest absolute Gasteiger partial charge is 0.187 e. The maximum Gasteiger partial charge on any atom is 0.187 e. The van der Waals surface area contributed by atoms with Crippen LogP contribution in [0, 0.1) is 40.4 Å². The summed E-state index contributed by atoms with van der Waals surface area (Å²) in [5, 5.41) is 240. The molecule has 105 heavy (non-hydrogen) atoms. The Labute approximate surface area is 604 Å². The summed E-state index contributed by atoms with van der Waals surface area (Å²) < 4.78 is 89.7. The molecule has 37 nitrogen and oxygen atoms in total. The van der Waals surface area contributed by atoms with Gasteiger partial charge in [0.05, 0.1) is 64.6 Å². The van der Waals surface area contributed by atoms with Crippen molar-refractivity contribution in [1.29, 1.82) is 0 Å². The molecule has 0 aromatic rings. The highest BCUT2D eigenvalue weighted by Crippen LogP contribution is 2.70. The molecule has 3 saturated carbocycles. The molecule has 0 bridgehead atoms. The van der Waals surface area contributed by atoms with Gasteiger partial charge >= 0.3 is 0 Å². The van der Waals surface area contributed by atoms with Crippen LogP contribution in [-0.4, -0.2) is 385 Å². The minimum Gasteiger partial charge on any atom is -0.394 e. The first kappa shape index (κ1) is 82.5. The number of fused-ring (bicyclic) bond motifs is 7. The van der Waals surface area contributed by atoms with Crippen LogP contribution in [0.1, 0.15) is 85.5 Å². The van der Waals surface area contributed by atoms with Crippen LogP contribution in [0.3, 0.4) is 0 Å². The van der Waals surface area contributed by atoms with Gasteiger partial charge in [0.1, 0.15) is 159 Å². The van der Waals surface area contributed by atoms with E-state index in [9.17, 15) is 112 Å². The predicted octanol–water partition coefficient (Wildman–Crippen LogP) is -8.98. The number of rotatable bonds is 23. The number of allylic oxidation sites excluding steroid dienone is 1. The van der Waals surface area contributed by atoms with Crippen molar-refractivity contribution in [2.24, 2.45) is 40.4 Å². The Morgan fingerprint density at radius 1 is 0.495 bits per heavy atom. The summed E-state index contributed by atoms with van der Waals surface area (Å²) in [6.07, 6.45) is -53.9. The van der Waals surface area contributed by atoms with Crippen LogP contribution in [0.15, 0.2) is 23.8 Å². The lowest BCUT2D eigenvalue weighted by atomic mass is 9.47. The van der Waals surface area contributed by atoms with E-state index in [1.807, 2.05) is 6.92 Å². The summed E-state index contributed by atoms with van der Waals surface area (Å²) in [6, 6.07) is 0. The highest BCUT2D eigenvalue weighted by atomic mass is 16.8. The Morgan fingerprint density at radius 3 is 1.68 bits per heavy atom. The Bertz CT molecular complexity index is 2890. The molecule has 0 spiro atoms. The maximum atomic E-state index is 12.6. The molecule has 37 heteroatoms. The molecule has 0 radical (unpaired) electrons. The van der Waals surface area contributed by atoms with Crippen molar-refractivity contribution in [1.82, 2.24) is 0 Å². The molecule has 12 aliphatic rings. The molecule has 0 amide bonds. The summed E-state index contributed by atoms with van der Waals surface area (Å²) >= 11 is 0. The summed E-state index contributed by atoms with van der Waals surface area (Å²) in [6.45, 7) is 7.21. The zero-order valence-corrected chi connectivity index (χ0v) is 58.7. The zero-order valence-electron chi connectivity index (χ0n) is 58.7. The largest absolute Gasteiger partial charge is 0.394 e. The average Bonchev–Trinajstić information content (AvgIpc) is 1.54. The van der Waals surface area contributed by atoms with E-state index in [1.54, 1.807) is 0 Å². The van der Waals surface area contributed by atoms with Crippen molar-refractivity contribution in [2.45, 2.75) is 312 Å². The van der Waals surface area contributed by atoms with Crippen LogP contribution < -0.4 is 0 Å². The third kappa shape index (κ3) is 15.7. The lowest BCUT2D eigenvalue weighted by Gasteiger charge is -2.58. The van der Waals surface area contributed by atoms with Gasteiger partial charge in [0.15, 0.2) is 49.8 Å². The molecule has 0 aromatic heterocycles. The number of hydrogen-bond acceptors (Lipinski definition) is 37. The summed E-state index contributed by atoms with van der Waals surface area (Å²) in [7, 11) is 0. The lowest BCUT2D eigenvalue weighted by Crippen LogP contribution is -2.68. The van der Waals surface area contributed by atoms with E-state index in [0.29, 0.717) is 31.3 Å². The van der Waals surface area contributed by atoms with Crippen LogP contribution in [0.2, 0.25) is 0 Å². The first-order valence-corrected chi connectivity index (χ1v) is 36.5. The minimum absolute atomic E-state index is 0.0405. The van der Waals surface area contributed by atoms with Crippen molar-refractivity contribution in [3.05, 3.63) is 23.8 Å². The fourth-order valence-electron chi connectivity index (χ4n) is 18.9. The zero-order chi connectivity index (χ0) is 76.0. The van der Waals surface area contributed by atoms with E-state index >= 15 is 0 Å². The molecule has 1 unspecified atom stereocenters. The van der Waals surface area contributed by atoms with E-state index in [1.165, 1.54) is 6.92 Å². The Morgan fingerprint density at radius 2 is 1.02 bits per heavy atom. The molecular weight excluding hydrogens is 1410 g/mol. The highest BCUT2D eigenvalue weighted by molar-refractivity contribution is 5.27. The molecule has 4 aliphatic carbocycles. The van der Waals surface area contributed by atoms with Gasteiger partial charge in [0.2, 0.25) is 0 Å². The second kappa shape index (κ2) is 33.2. The van der Waals surface area contributed by atoms with E-state index in [4.69, 9.17) is 71.1 Å². The standard InChI is InChI=1S/C68H110O37/c1-23(20-91-59-49(84)45(80)41(76)33(16-69)96-59)8-13-68(90)24(2)38-32(105-68)15-30-28-7-6-26-14-27(9-11-66(26,4)29(28)10-12-67(30,38)5)95-65-58(104-62-51(86)44(79)39(74)25(3)94-62)53(88)55(36(19-72)99-65)102-64-54(89)57(43(78)35(18-71)98-64)103-63-52(87)47(82)56(101-61-48(83)40(75)31(73)21-92-61)37(100-63)22-93-60-50(85)46(81)42(77)34(17-70)97-60/h6,24-25,27-65,69-90H,1,7-22H2,2-5H3/t24-,25-,27-,28+,29-,30-,31+,32-,33+,34+,35+,36+,37+,38-,39-,40-,41+,42+,43+,44+,45-,46-,47+,48+,49+,50+,51+,52+,53-,54+,55+,56+,57-,58+,59+,60+,61-,62-,63-,64-,65+,66-,67-,68?/m0/s1. The van der Waals surface area contributed by atoms with Crippen LogP contribution in [0.4, 0.5) is 0 Å². The van der Waals surface area contributed by atoms with Crippen LogP contribution >= 0.6 is 0 Å². The Balaban J connectivity index is 0.718. The van der Waals surface area contributed by atoms with Gasteiger partial charge in [-0.15, -0.1) is 0 Å². The van der Waals surface area contributed by atoms with Gasteiger partial charge in [-0.1, -0.05) is 44.6 Å². The monoisotopic (exact) mass is 1520 g/mol. The van der Waals surface area contributed by atoms with Crippen molar-refractivity contribution in [3.8, 4) is 0 Å². The number of ether oxygens (including phenoxy) is 15. The maximum absolute atomic E-state index is 12.6. The molecule has 604 valence electrons. The van der Waals surface area contributed by atoms with Crippen molar-refractivity contribution in [3.63, 3.8) is 0 Å². The lowest BCUT2D eigenvalue weighted by molar-refractivity contribution is -0.400. The summed E-state index contributed by atoms with van der Waals surface area (Å²) in [4.78, 5) is 0. The summed E-state index contributed by atoms with van der Waals surface area (Å²) in [5.41, 5.74) is 1.25. The molecule has 22 N–H and O–H groups in total. The van der Waals surface area contributed by atoms with Crippen molar-refractivity contribution >= 4 is 0 Å². The SMILES string of the molecule is C=C(CCC1(O)O[C@H]2C[C@H]3[C@@H]4CC=C5C[C@@H](O[C@@H]6O[C@H](CO)[C@@H](O[C@@H]7O[C@H](CO)[C@@H](O)[C@H](O[C@@H]8O[C@H](CO[C@@H]9O[C@H](CO)[C@@H](O)[C@H](O)[C@H]9O)[C@@H](O[C@@H]9OC[C@@H](O)[C@H](O)[C@H]9O)[C@H](O)[C@H]8O)[C@H]7O)[C@H](O)[C@H]6O[C@@H]6O[C@@H](C)[C@H](O)[C@@H](O)[C@H]6O)CC[C@]5(C)[C@H]4CC[C@]3(C)[C@H]2[C@@H]1C)CO[C@@H]1O[C@H](CO)[C@@H](O)[C@H](O)[C@H]1O. The molecule has 12 rings (SSSR count). The normalized spacial score (nSPS) is 54.5. The van der Waals surface area contributed by atoms with Gasteiger partial charge in [0, 0.05) is 12.3 Å². The van der Waals surface area contributed by atoms with Gasteiger partial charge < -0.3 is 183 Å². The van der Waals surface area contributed by atoms with Crippen LogP contribution in [0.25, 0.3) is 0 Å². The molecule has 8 heterocycles. The fraction of sp³-hybridized carbons (Fsp3) is 0.941. The first-order chi connectivity index (χ1) is 49.7. The second-order valence-corrected chi connectivity index (χ2v) is 31.4. The fourth-order valence-corrected chi connectivity index (χ4v) is 18.9. The molecular formula is C68H110O37. The predicted molar refractivity (Wildman–Crippen MR) is 342 cm³/mol. The highest BCUT2D eigenvalue weighted by Gasteiger charge is 2.69. The number of aliphatic hydroxyl groups is 22. The van der Waals surface area contributed by atoms with E-state index in [-0.39, 0.29) is 59.6 Å². The van der Waals surface area contributed by atoms with Gasteiger partial charge in [-0.25, -0.2) is 0 Å². The Kier molecular flexibility index (Phi) is 26.1. The molecule has 8 aliphatic heterocycles. The van der Waals surface area contributed by atoms with Gasteiger partial charge in [-0.2, -0.15) is 0 Å². The van der Waals surface area contributed by atoms with Crippen molar-refractivity contribution < 1.29 is 183 Å². The Hall–Kier alpha value is -2.00. The van der Waals surface area contributed by atoms with Gasteiger partial charge in [-0.05, 0) is 92.8 Å².